The van der Waals surface area contributed by atoms with E-state index in [9.17, 15) is 9.90 Å². The van der Waals surface area contributed by atoms with Gasteiger partial charge in [0.2, 0.25) is 5.91 Å². The fraction of sp³-hybridized carbons (Fsp3) is 0.421. The van der Waals surface area contributed by atoms with Gasteiger partial charge in [0.25, 0.3) is 0 Å². The summed E-state index contributed by atoms with van der Waals surface area (Å²) < 4.78 is 0. The predicted octanol–water partition coefficient (Wildman–Crippen LogP) is 2.55. The average molecular weight is 308 g/mol. The molecule has 118 valence electrons. The van der Waals surface area contributed by atoms with Gasteiger partial charge in [0.15, 0.2) is 0 Å². The normalized spacial score (nSPS) is 32.6. The Morgan fingerprint density at radius 3 is 3.04 bits per heavy atom. The molecule has 0 bridgehead atoms. The third-order valence-electron chi connectivity index (χ3n) is 5.90. The topological polar surface area (TPSA) is 56.3 Å². The second-order valence-electron chi connectivity index (χ2n) is 7.02. The quantitative estimate of drug-likeness (QED) is 0.735. The number of aromatic nitrogens is 1. The Labute approximate surface area is 134 Å². The number of piperidine rings is 1. The number of hydrogen-bond acceptors (Lipinski definition) is 2. The van der Waals surface area contributed by atoms with Crippen LogP contribution in [0.15, 0.2) is 36.4 Å². The van der Waals surface area contributed by atoms with Crippen LogP contribution in [0, 0.1) is 11.8 Å². The summed E-state index contributed by atoms with van der Waals surface area (Å²) in [6.07, 6.45) is 6.00. The minimum Gasteiger partial charge on any atom is -0.392 e. The lowest BCUT2D eigenvalue weighted by Crippen LogP contribution is -2.52. The number of carbonyl (C=O) groups is 1. The molecule has 1 aliphatic carbocycles. The van der Waals surface area contributed by atoms with E-state index in [0.29, 0.717) is 6.42 Å². The van der Waals surface area contributed by atoms with E-state index in [2.05, 4.69) is 23.2 Å². The summed E-state index contributed by atoms with van der Waals surface area (Å²) in [5.41, 5.74) is 3.69. The number of carbonyl (C=O) groups excluding carboxylic acids is 1. The summed E-state index contributed by atoms with van der Waals surface area (Å²) in [5.74, 6) is 0.0950. The molecule has 1 saturated heterocycles. The van der Waals surface area contributed by atoms with E-state index in [4.69, 9.17) is 0 Å². The highest BCUT2D eigenvalue weighted by Crippen LogP contribution is 2.46. The fourth-order valence-corrected chi connectivity index (χ4v) is 4.77. The molecule has 1 aromatic heterocycles. The number of aliphatic hydroxyl groups excluding tert-OH is 1. The molecule has 4 nitrogen and oxygen atoms in total. The van der Waals surface area contributed by atoms with Crippen LogP contribution in [0.2, 0.25) is 0 Å². The van der Waals surface area contributed by atoms with E-state index in [1.54, 1.807) is 0 Å². The molecule has 4 atom stereocenters. The van der Waals surface area contributed by atoms with E-state index >= 15 is 0 Å². The lowest BCUT2D eigenvalue weighted by atomic mass is 9.72. The Morgan fingerprint density at radius 1 is 1.26 bits per heavy atom. The predicted molar refractivity (Wildman–Crippen MR) is 87.8 cm³/mol. The summed E-state index contributed by atoms with van der Waals surface area (Å²) in [4.78, 5) is 18.5. The Morgan fingerprint density at radius 2 is 2.13 bits per heavy atom. The van der Waals surface area contributed by atoms with Gasteiger partial charge in [-0.1, -0.05) is 30.4 Å². The van der Waals surface area contributed by atoms with Crippen molar-refractivity contribution >= 4 is 16.8 Å². The first-order chi connectivity index (χ1) is 11.2. The Balaban J connectivity index is 1.62. The van der Waals surface area contributed by atoms with Gasteiger partial charge in [-0.25, -0.2) is 0 Å². The van der Waals surface area contributed by atoms with Crippen molar-refractivity contribution in [1.82, 2.24) is 9.88 Å². The third-order valence-corrected chi connectivity index (χ3v) is 5.90. The second-order valence-corrected chi connectivity index (χ2v) is 7.02. The molecule has 1 aromatic carbocycles. The number of aliphatic hydroxyl groups is 1. The smallest absolute Gasteiger partial charge is 0.230 e. The number of H-pyrrole nitrogens is 1. The third kappa shape index (κ3) is 1.78. The van der Waals surface area contributed by atoms with Crippen LogP contribution in [0.5, 0.6) is 0 Å². The van der Waals surface area contributed by atoms with Gasteiger partial charge in [0, 0.05) is 29.1 Å². The first kappa shape index (κ1) is 13.4. The first-order valence-electron chi connectivity index (χ1n) is 8.48. The zero-order valence-corrected chi connectivity index (χ0v) is 12.9. The van der Waals surface area contributed by atoms with Crippen molar-refractivity contribution in [2.24, 2.45) is 11.8 Å². The van der Waals surface area contributed by atoms with E-state index < -0.39 is 6.10 Å². The summed E-state index contributed by atoms with van der Waals surface area (Å²) >= 11 is 0. The van der Waals surface area contributed by atoms with Crippen molar-refractivity contribution in [3.63, 3.8) is 0 Å². The van der Waals surface area contributed by atoms with Crippen LogP contribution in [0.4, 0.5) is 0 Å². The molecule has 2 aliphatic heterocycles. The van der Waals surface area contributed by atoms with Crippen molar-refractivity contribution in [3.05, 3.63) is 47.7 Å². The van der Waals surface area contributed by atoms with Crippen molar-refractivity contribution in [2.45, 2.75) is 31.4 Å². The fourth-order valence-electron chi connectivity index (χ4n) is 4.77. The maximum Gasteiger partial charge on any atom is 0.230 e. The molecule has 3 heterocycles. The van der Waals surface area contributed by atoms with Crippen LogP contribution in [0.25, 0.3) is 10.9 Å². The first-order valence-corrected chi connectivity index (χ1v) is 8.48. The zero-order chi connectivity index (χ0) is 15.6. The Bertz CT molecular complexity index is 822. The summed E-state index contributed by atoms with van der Waals surface area (Å²) in [6, 6.07) is 8.46. The number of aromatic amines is 1. The number of nitrogens with one attached hydrogen (secondary N) is 1. The highest BCUT2D eigenvalue weighted by atomic mass is 16.3. The molecule has 2 aromatic rings. The molecule has 0 saturated carbocycles. The van der Waals surface area contributed by atoms with Crippen LogP contribution in [-0.2, 0) is 11.2 Å². The summed E-state index contributed by atoms with van der Waals surface area (Å²) in [7, 11) is 0. The number of fused-ring (bicyclic) bond motifs is 6. The monoisotopic (exact) mass is 308 g/mol. The molecule has 5 rings (SSSR count). The maximum absolute atomic E-state index is 12.9. The van der Waals surface area contributed by atoms with Crippen molar-refractivity contribution in [2.75, 3.05) is 6.54 Å². The molecule has 23 heavy (non-hydrogen) atoms. The maximum atomic E-state index is 12.9. The molecule has 2 N–H and O–H groups in total. The van der Waals surface area contributed by atoms with Crippen LogP contribution in [-0.4, -0.2) is 33.5 Å². The standard InChI is InChI=1S/C19H20N2O2/c22-17-7-3-5-13-14(17)10-16-18-12(8-9-21(16)19(13)23)11-4-1-2-6-15(11)20-18/h1-6,13-14,16-17,20,22H,7-10H2/t13-,14-,16+,17+/m0/s1. The lowest BCUT2D eigenvalue weighted by molar-refractivity contribution is -0.147. The van der Waals surface area contributed by atoms with Gasteiger partial charge in [0.05, 0.1) is 18.1 Å². The number of rotatable bonds is 0. The number of benzene rings is 1. The van der Waals surface area contributed by atoms with Gasteiger partial charge >= 0.3 is 0 Å². The molecule has 3 aliphatic rings. The second kappa shape index (κ2) is 4.71. The highest BCUT2D eigenvalue weighted by Gasteiger charge is 2.47. The van der Waals surface area contributed by atoms with Gasteiger partial charge in [0.1, 0.15) is 0 Å². The van der Waals surface area contributed by atoms with Gasteiger partial charge in [-0.15, -0.1) is 0 Å². The van der Waals surface area contributed by atoms with Gasteiger partial charge in [-0.05, 0) is 30.9 Å². The molecule has 0 radical (unpaired) electrons. The number of hydrogen-bond donors (Lipinski definition) is 2. The molecule has 4 heteroatoms. The Kier molecular flexibility index (Phi) is 2.74. The number of para-hydroxylation sites is 1. The van der Waals surface area contributed by atoms with Crippen molar-refractivity contribution < 1.29 is 9.90 Å². The van der Waals surface area contributed by atoms with E-state index in [-0.39, 0.29) is 23.8 Å². The van der Waals surface area contributed by atoms with E-state index in [1.807, 2.05) is 23.1 Å². The summed E-state index contributed by atoms with van der Waals surface area (Å²) in [5, 5.41) is 11.6. The van der Waals surface area contributed by atoms with Gasteiger partial charge in [-0.3, -0.25) is 4.79 Å². The molecular weight excluding hydrogens is 288 g/mol. The molecule has 0 unspecified atom stereocenters. The number of nitrogens with zero attached hydrogens (tertiary/aromatic N) is 1. The van der Waals surface area contributed by atoms with Crippen LogP contribution < -0.4 is 0 Å². The van der Waals surface area contributed by atoms with Crippen molar-refractivity contribution in [3.8, 4) is 0 Å². The van der Waals surface area contributed by atoms with E-state index in [0.717, 1.165) is 24.9 Å². The zero-order valence-electron chi connectivity index (χ0n) is 12.9. The SMILES string of the molecule is O=C1[C@H]2C=CC[C@@H](O)[C@H]2C[C@@H]2c3[nH]c4ccccc4c3CCN12. The summed E-state index contributed by atoms with van der Waals surface area (Å²) in [6.45, 7) is 0.783. The van der Waals surface area contributed by atoms with Crippen LogP contribution in [0.1, 0.15) is 30.1 Å². The molecule has 1 fully saturated rings. The molecule has 1 amide bonds. The Hall–Kier alpha value is -2.07. The van der Waals surface area contributed by atoms with Crippen LogP contribution in [0.3, 0.4) is 0 Å². The molecule has 0 spiro atoms. The molecular formula is C19H20N2O2. The number of amides is 1. The minimum absolute atomic E-state index is 0.0473. The van der Waals surface area contributed by atoms with E-state index in [1.165, 1.54) is 16.6 Å². The lowest BCUT2D eigenvalue weighted by Gasteiger charge is -2.47. The largest absolute Gasteiger partial charge is 0.392 e. The van der Waals surface area contributed by atoms with Crippen molar-refractivity contribution in [1.29, 1.82) is 0 Å². The minimum atomic E-state index is -0.397. The highest BCUT2D eigenvalue weighted by molar-refractivity contribution is 5.87. The van der Waals surface area contributed by atoms with Crippen LogP contribution >= 0.6 is 0 Å². The van der Waals surface area contributed by atoms with Gasteiger partial charge < -0.3 is 15.0 Å². The van der Waals surface area contributed by atoms with Gasteiger partial charge in [-0.2, -0.15) is 0 Å². The average Bonchev–Trinajstić information content (AvgIpc) is 2.95.